The molecule has 0 aromatic rings. The van der Waals surface area contributed by atoms with Gasteiger partial charge in [0, 0.05) is 18.8 Å². The molecular formula is C7H8N2S. The predicted molar refractivity (Wildman–Crippen MR) is 47.1 cm³/mol. The summed E-state index contributed by atoms with van der Waals surface area (Å²) >= 11 is 4.61. The van der Waals surface area contributed by atoms with Crippen LogP contribution < -0.4 is 5.32 Å². The van der Waals surface area contributed by atoms with Gasteiger partial charge in [0.05, 0.1) is 11.2 Å². The van der Waals surface area contributed by atoms with Gasteiger partial charge >= 0.3 is 0 Å². The maximum atomic E-state index is 4.61. The van der Waals surface area contributed by atoms with Crippen LogP contribution in [-0.4, -0.2) is 11.7 Å². The Balaban J connectivity index is 2.63. The lowest BCUT2D eigenvalue weighted by atomic mass is 10.3. The average Bonchev–Trinajstić information content (AvgIpc) is 2.17. The summed E-state index contributed by atoms with van der Waals surface area (Å²) in [5, 5.41) is 2.87. The molecule has 0 unspecified atom stereocenters. The molecule has 3 heteroatoms. The number of nitrogens with zero attached hydrogens (tertiary/aromatic N) is 1. The Morgan fingerprint density at radius 1 is 1.70 bits per heavy atom. The van der Waals surface area contributed by atoms with E-state index in [2.05, 4.69) is 22.5 Å². The van der Waals surface area contributed by atoms with E-state index in [0.29, 0.717) is 0 Å². The lowest BCUT2D eigenvalue weighted by molar-refractivity contribution is 1.21. The van der Waals surface area contributed by atoms with Gasteiger partial charge in [-0.1, -0.05) is 18.3 Å². The molecule has 0 aromatic heterocycles. The van der Waals surface area contributed by atoms with Crippen molar-refractivity contribution < 1.29 is 0 Å². The maximum absolute atomic E-state index is 4.61. The number of thiocarbonyl (C=S) groups is 1. The van der Waals surface area contributed by atoms with Gasteiger partial charge in [-0.3, -0.25) is 4.99 Å². The summed E-state index contributed by atoms with van der Waals surface area (Å²) in [7, 11) is 0. The zero-order valence-corrected chi connectivity index (χ0v) is 6.27. The minimum atomic E-state index is 0.888. The van der Waals surface area contributed by atoms with E-state index < -0.39 is 0 Å². The van der Waals surface area contributed by atoms with Crippen LogP contribution in [0.2, 0.25) is 0 Å². The summed E-state index contributed by atoms with van der Waals surface area (Å²) in [6, 6.07) is 0. The number of hydrogen-bond donors (Lipinski definition) is 1. The van der Waals surface area contributed by atoms with Crippen LogP contribution in [0.25, 0.3) is 0 Å². The van der Waals surface area contributed by atoms with Crippen molar-refractivity contribution in [1.29, 1.82) is 0 Å². The fraction of sp³-hybridized carbons (Fsp3) is 0.143. The molecule has 0 radical (unpaired) electrons. The molecule has 0 saturated carbocycles. The monoisotopic (exact) mass is 152 g/mol. The van der Waals surface area contributed by atoms with E-state index in [1.807, 2.05) is 18.4 Å². The average molecular weight is 152 g/mol. The van der Waals surface area contributed by atoms with Crippen molar-refractivity contribution >= 4 is 23.9 Å². The zero-order chi connectivity index (χ0) is 7.23. The number of nitrogens with one attached hydrogen (secondary N) is 1. The summed E-state index contributed by atoms with van der Waals surface area (Å²) in [6.45, 7) is 0. The molecule has 1 heterocycles. The first-order chi connectivity index (χ1) is 4.93. The van der Waals surface area contributed by atoms with E-state index in [4.69, 9.17) is 0 Å². The Morgan fingerprint density at radius 2 is 2.60 bits per heavy atom. The van der Waals surface area contributed by atoms with Crippen molar-refractivity contribution in [3.8, 4) is 0 Å². The molecule has 1 aliphatic rings. The van der Waals surface area contributed by atoms with Crippen LogP contribution in [0.3, 0.4) is 0 Å². The third-order valence-electron chi connectivity index (χ3n) is 1.08. The first-order valence-electron chi connectivity index (χ1n) is 3.02. The minimum absolute atomic E-state index is 0.888. The highest BCUT2D eigenvalue weighted by Crippen LogP contribution is 1.96. The predicted octanol–water partition coefficient (Wildman–Crippen LogP) is 1.41. The van der Waals surface area contributed by atoms with Crippen molar-refractivity contribution in [3.05, 3.63) is 24.0 Å². The van der Waals surface area contributed by atoms with Crippen LogP contribution in [0.4, 0.5) is 0 Å². The fourth-order valence-electron chi connectivity index (χ4n) is 0.646. The van der Waals surface area contributed by atoms with Gasteiger partial charge in [0.15, 0.2) is 0 Å². The molecule has 0 atom stereocenters. The second-order valence-corrected chi connectivity index (χ2v) is 2.05. The highest BCUT2D eigenvalue weighted by molar-refractivity contribution is 7.78. The quantitative estimate of drug-likeness (QED) is 0.605. The summed E-state index contributed by atoms with van der Waals surface area (Å²) in [6.07, 6.45) is 8.45. The number of rotatable bonds is 2. The van der Waals surface area contributed by atoms with Crippen LogP contribution in [-0.2, 0) is 0 Å². The summed E-state index contributed by atoms with van der Waals surface area (Å²) in [4.78, 5) is 3.99. The molecule has 1 rings (SSSR count). The van der Waals surface area contributed by atoms with Crippen LogP contribution >= 0.6 is 12.2 Å². The third kappa shape index (κ3) is 2.11. The van der Waals surface area contributed by atoms with Crippen molar-refractivity contribution in [3.63, 3.8) is 0 Å². The Morgan fingerprint density at radius 3 is 3.40 bits per heavy atom. The Bertz CT molecular complexity index is 204. The maximum Gasteiger partial charge on any atom is 0.0659 e. The molecule has 0 spiro atoms. The van der Waals surface area contributed by atoms with Crippen LogP contribution in [0.5, 0.6) is 0 Å². The Kier molecular flexibility index (Phi) is 2.83. The molecule has 0 amide bonds. The van der Waals surface area contributed by atoms with Gasteiger partial charge in [0.2, 0.25) is 0 Å². The van der Waals surface area contributed by atoms with Crippen molar-refractivity contribution in [2.75, 3.05) is 0 Å². The van der Waals surface area contributed by atoms with Gasteiger partial charge in [-0.2, -0.15) is 0 Å². The molecule has 52 valence electrons. The van der Waals surface area contributed by atoms with Gasteiger partial charge in [-0.05, 0) is 6.08 Å². The SMILES string of the molecule is S=CNC1=CN=CCC=C1. The highest BCUT2D eigenvalue weighted by Gasteiger charge is 1.87. The molecule has 10 heavy (non-hydrogen) atoms. The Hall–Kier alpha value is -0.960. The lowest BCUT2D eigenvalue weighted by Crippen LogP contribution is -2.05. The molecule has 1 aliphatic heterocycles. The topological polar surface area (TPSA) is 24.4 Å². The molecule has 1 N–H and O–H groups in total. The van der Waals surface area contributed by atoms with Crippen LogP contribution in [0, 0.1) is 0 Å². The Labute approximate surface area is 65.3 Å². The van der Waals surface area contributed by atoms with Gasteiger partial charge in [0.1, 0.15) is 0 Å². The van der Waals surface area contributed by atoms with E-state index in [1.54, 1.807) is 6.20 Å². The van der Waals surface area contributed by atoms with Crippen LogP contribution in [0.1, 0.15) is 6.42 Å². The van der Waals surface area contributed by atoms with Gasteiger partial charge in [0.25, 0.3) is 0 Å². The molecule has 0 aromatic carbocycles. The smallest absolute Gasteiger partial charge is 0.0659 e. The number of aliphatic imine (C=N–C) groups is 1. The summed E-state index contributed by atoms with van der Waals surface area (Å²) in [5.74, 6) is 0. The molecule has 0 aliphatic carbocycles. The van der Waals surface area contributed by atoms with E-state index in [0.717, 1.165) is 12.1 Å². The first kappa shape index (κ1) is 7.15. The van der Waals surface area contributed by atoms with E-state index in [1.165, 1.54) is 5.49 Å². The molecule has 2 nitrogen and oxygen atoms in total. The molecule has 0 fully saturated rings. The number of hydrogen-bond acceptors (Lipinski definition) is 2. The van der Waals surface area contributed by atoms with Gasteiger partial charge in [-0.25, -0.2) is 0 Å². The van der Waals surface area contributed by atoms with Crippen molar-refractivity contribution in [2.45, 2.75) is 6.42 Å². The van der Waals surface area contributed by atoms with Gasteiger partial charge < -0.3 is 5.32 Å². The minimum Gasteiger partial charge on any atom is -0.351 e. The number of allylic oxidation sites excluding steroid dienone is 2. The van der Waals surface area contributed by atoms with E-state index in [9.17, 15) is 0 Å². The normalized spacial score (nSPS) is 15.8. The summed E-state index contributed by atoms with van der Waals surface area (Å²) in [5.41, 5.74) is 2.40. The van der Waals surface area contributed by atoms with Gasteiger partial charge in [-0.15, -0.1) is 0 Å². The fourth-order valence-corrected chi connectivity index (χ4v) is 0.782. The molecule has 0 saturated heterocycles. The third-order valence-corrected chi connectivity index (χ3v) is 1.20. The van der Waals surface area contributed by atoms with Crippen molar-refractivity contribution in [1.82, 2.24) is 5.32 Å². The highest BCUT2D eigenvalue weighted by atomic mass is 32.1. The standard InChI is InChI=1S/C7H8N2S/c10-6-9-7-3-1-2-4-8-5-7/h1,3-6H,2H2,(H,9,10). The second-order valence-electron chi connectivity index (χ2n) is 1.82. The second kappa shape index (κ2) is 3.95. The molecule has 0 bridgehead atoms. The summed E-state index contributed by atoms with van der Waals surface area (Å²) < 4.78 is 0. The van der Waals surface area contributed by atoms with Crippen molar-refractivity contribution in [2.24, 2.45) is 4.99 Å². The van der Waals surface area contributed by atoms with E-state index in [-0.39, 0.29) is 0 Å². The van der Waals surface area contributed by atoms with Crippen LogP contribution in [0.15, 0.2) is 29.0 Å². The zero-order valence-electron chi connectivity index (χ0n) is 5.45. The largest absolute Gasteiger partial charge is 0.351 e. The first-order valence-corrected chi connectivity index (χ1v) is 3.49. The molecular weight excluding hydrogens is 144 g/mol. The lowest BCUT2D eigenvalue weighted by Gasteiger charge is -1.94. The van der Waals surface area contributed by atoms with E-state index >= 15 is 0 Å².